The molecular formula is C18H19Cl2N3O. The summed E-state index contributed by atoms with van der Waals surface area (Å²) in [5, 5.41) is 3.98. The Bertz CT molecular complexity index is 701. The SMILES string of the molecule is O=C(NC1CCN(Cc2ccccn2)CC1)c1ccc(Cl)cc1Cl. The first-order chi connectivity index (χ1) is 11.6. The molecule has 0 unspecified atom stereocenters. The zero-order chi connectivity index (χ0) is 16.9. The summed E-state index contributed by atoms with van der Waals surface area (Å²) in [6.07, 6.45) is 3.66. The van der Waals surface area contributed by atoms with Gasteiger partial charge in [0.25, 0.3) is 5.91 Å². The molecule has 2 heterocycles. The number of carbonyl (C=O) groups is 1. The number of pyridine rings is 1. The number of aromatic nitrogens is 1. The molecule has 1 aliphatic heterocycles. The average Bonchev–Trinajstić information content (AvgIpc) is 2.57. The molecule has 1 fully saturated rings. The first kappa shape index (κ1) is 17.2. The van der Waals surface area contributed by atoms with Gasteiger partial charge in [-0.25, -0.2) is 0 Å². The normalized spacial score (nSPS) is 16.1. The van der Waals surface area contributed by atoms with E-state index in [4.69, 9.17) is 23.2 Å². The molecular weight excluding hydrogens is 345 g/mol. The minimum atomic E-state index is -0.139. The highest BCUT2D eigenvalue weighted by molar-refractivity contribution is 6.36. The van der Waals surface area contributed by atoms with Crippen LogP contribution in [0.15, 0.2) is 42.6 Å². The molecule has 0 saturated carbocycles. The molecule has 1 amide bonds. The standard InChI is InChI=1S/C18H19Cl2N3O/c19-13-4-5-16(17(20)11-13)18(24)22-14-6-9-23(10-7-14)12-15-3-1-2-8-21-15/h1-5,8,11,14H,6-7,9-10,12H2,(H,22,24). The Hall–Kier alpha value is -1.62. The second-order valence-corrected chi connectivity index (χ2v) is 6.81. The third-order valence-corrected chi connectivity index (χ3v) is 4.76. The number of rotatable bonds is 4. The lowest BCUT2D eigenvalue weighted by Gasteiger charge is -2.32. The van der Waals surface area contributed by atoms with Crippen molar-refractivity contribution >= 4 is 29.1 Å². The summed E-state index contributed by atoms with van der Waals surface area (Å²) in [6.45, 7) is 2.73. The van der Waals surface area contributed by atoms with Crippen LogP contribution in [0.5, 0.6) is 0 Å². The maximum atomic E-state index is 12.4. The largest absolute Gasteiger partial charge is 0.349 e. The molecule has 1 aromatic carbocycles. The summed E-state index contributed by atoms with van der Waals surface area (Å²) in [6, 6.07) is 11.1. The Balaban J connectivity index is 1.51. The van der Waals surface area contributed by atoms with E-state index in [1.54, 1.807) is 18.2 Å². The van der Waals surface area contributed by atoms with Crippen molar-refractivity contribution in [3.05, 3.63) is 63.9 Å². The highest BCUT2D eigenvalue weighted by atomic mass is 35.5. The van der Waals surface area contributed by atoms with Gasteiger partial charge in [0.05, 0.1) is 16.3 Å². The van der Waals surface area contributed by atoms with E-state index in [9.17, 15) is 4.79 Å². The number of halogens is 2. The van der Waals surface area contributed by atoms with Crippen molar-refractivity contribution in [3.8, 4) is 0 Å². The van der Waals surface area contributed by atoms with E-state index < -0.39 is 0 Å². The van der Waals surface area contributed by atoms with E-state index in [1.807, 2.05) is 24.4 Å². The molecule has 4 nitrogen and oxygen atoms in total. The van der Waals surface area contributed by atoms with Gasteiger partial charge in [-0.3, -0.25) is 14.7 Å². The second-order valence-electron chi connectivity index (χ2n) is 5.97. The number of carbonyl (C=O) groups excluding carboxylic acids is 1. The minimum absolute atomic E-state index is 0.139. The van der Waals surface area contributed by atoms with Gasteiger partial charge in [-0.05, 0) is 43.2 Å². The van der Waals surface area contributed by atoms with E-state index in [0.717, 1.165) is 38.2 Å². The van der Waals surface area contributed by atoms with Gasteiger partial charge in [-0.2, -0.15) is 0 Å². The molecule has 24 heavy (non-hydrogen) atoms. The number of likely N-dealkylation sites (tertiary alicyclic amines) is 1. The topological polar surface area (TPSA) is 45.2 Å². The number of hydrogen-bond donors (Lipinski definition) is 1. The van der Waals surface area contributed by atoms with Crippen molar-refractivity contribution in [1.82, 2.24) is 15.2 Å². The lowest BCUT2D eigenvalue weighted by Crippen LogP contribution is -2.44. The van der Waals surface area contributed by atoms with Crippen molar-refractivity contribution in [2.45, 2.75) is 25.4 Å². The highest BCUT2D eigenvalue weighted by Crippen LogP contribution is 2.21. The molecule has 1 aliphatic rings. The van der Waals surface area contributed by atoms with E-state index >= 15 is 0 Å². The molecule has 0 atom stereocenters. The quantitative estimate of drug-likeness (QED) is 0.898. The molecule has 0 radical (unpaired) electrons. The summed E-state index contributed by atoms with van der Waals surface area (Å²) in [5.41, 5.74) is 1.55. The predicted octanol–water partition coefficient (Wildman–Crippen LogP) is 3.78. The molecule has 0 bridgehead atoms. The van der Waals surface area contributed by atoms with Gasteiger partial charge in [0.1, 0.15) is 0 Å². The molecule has 3 rings (SSSR count). The van der Waals surface area contributed by atoms with Crippen molar-refractivity contribution in [1.29, 1.82) is 0 Å². The van der Waals surface area contributed by atoms with Gasteiger partial charge in [0.2, 0.25) is 0 Å². The molecule has 0 aliphatic carbocycles. The fraction of sp³-hybridized carbons (Fsp3) is 0.333. The maximum absolute atomic E-state index is 12.4. The number of piperidine rings is 1. The van der Waals surface area contributed by atoms with Crippen LogP contribution in [0.4, 0.5) is 0 Å². The second kappa shape index (κ2) is 7.97. The zero-order valence-electron chi connectivity index (χ0n) is 13.2. The van der Waals surface area contributed by atoms with E-state index in [1.165, 1.54) is 0 Å². The van der Waals surface area contributed by atoms with Gasteiger partial charge in [0, 0.05) is 36.9 Å². The van der Waals surface area contributed by atoms with Gasteiger partial charge in [-0.1, -0.05) is 29.3 Å². The van der Waals surface area contributed by atoms with Gasteiger partial charge in [0.15, 0.2) is 0 Å². The first-order valence-electron chi connectivity index (χ1n) is 8.00. The highest BCUT2D eigenvalue weighted by Gasteiger charge is 2.22. The van der Waals surface area contributed by atoms with Crippen molar-refractivity contribution in [2.75, 3.05) is 13.1 Å². The number of nitrogens with zero attached hydrogens (tertiary/aromatic N) is 2. The summed E-state index contributed by atoms with van der Waals surface area (Å²) in [5.74, 6) is -0.139. The molecule has 0 spiro atoms. The fourth-order valence-electron chi connectivity index (χ4n) is 2.89. The monoisotopic (exact) mass is 363 g/mol. The van der Waals surface area contributed by atoms with Gasteiger partial charge < -0.3 is 5.32 Å². The predicted molar refractivity (Wildman–Crippen MR) is 96.5 cm³/mol. The molecule has 6 heteroatoms. The minimum Gasteiger partial charge on any atom is -0.349 e. The van der Waals surface area contributed by atoms with Crippen LogP contribution >= 0.6 is 23.2 Å². The summed E-state index contributed by atoms with van der Waals surface area (Å²) in [7, 11) is 0. The number of benzene rings is 1. The van der Waals surface area contributed by atoms with Gasteiger partial charge >= 0.3 is 0 Å². The van der Waals surface area contributed by atoms with Crippen LogP contribution in [-0.2, 0) is 6.54 Å². The number of nitrogens with one attached hydrogen (secondary N) is 1. The molecule has 1 aromatic heterocycles. The molecule has 2 aromatic rings. The lowest BCUT2D eigenvalue weighted by molar-refractivity contribution is 0.0908. The first-order valence-corrected chi connectivity index (χ1v) is 8.75. The Morgan fingerprint density at radius 1 is 1.21 bits per heavy atom. The fourth-order valence-corrected chi connectivity index (χ4v) is 3.39. The third-order valence-electron chi connectivity index (χ3n) is 4.21. The number of amides is 1. The molecule has 1 N–H and O–H groups in total. The Morgan fingerprint density at radius 2 is 2.00 bits per heavy atom. The van der Waals surface area contributed by atoms with Crippen molar-refractivity contribution < 1.29 is 4.79 Å². The summed E-state index contributed by atoms with van der Waals surface area (Å²) >= 11 is 12.0. The van der Waals surface area contributed by atoms with E-state index in [2.05, 4.69) is 15.2 Å². The van der Waals surface area contributed by atoms with Crippen LogP contribution < -0.4 is 5.32 Å². The van der Waals surface area contributed by atoms with Crippen LogP contribution in [0.3, 0.4) is 0 Å². The Morgan fingerprint density at radius 3 is 2.67 bits per heavy atom. The lowest BCUT2D eigenvalue weighted by atomic mass is 10.0. The van der Waals surface area contributed by atoms with Crippen LogP contribution in [0.1, 0.15) is 28.9 Å². The Labute approximate surface area is 151 Å². The van der Waals surface area contributed by atoms with Gasteiger partial charge in [-0.15, -0.1) is 0 Å². The van der Waals surface area contributed by atoms with Crippen LogP contribution in [0.25, 0.3) is 0 Å². The molecule has 126 valence electrons. The average molecular weight is 364 g/mol. The molecule has 1 saturated heterocycles. The summed E-state index contributed by atoms with van der Waals surface area (Å²) in [4.78, 5) is 19.1. The van der Waals surface area contributed by atoms with Crippen molar-refractivity contribution in [2.24, 2.45) is 0 Å². The smallest absolute Gasteiger partial charge is 0.253 e. The zero-order valence-corrected chi connectivity index (χ0v) is 14.7. The van der Waals surface area contributed by atoms with E-state index in [0.29, 0.717) is 15.6 Å². The van der Waals surface area contributed by atoms with Crippen LogP contribution in [0, 0.1) is 0 Å². The van der Waals surface area contributed by atoms with Crippen LogP contribution in [-0.4, -0.2) is 34.9 Å². The number of hydrogen-bond acceptors (Lipinski definition) is 3. The third kappa shape index (κ3) is 4.47. The Kier molecular flexibility index (Phi) is 5.72. The van der Waals surface area contributed by atoms with E-state index in [-0.39, 0.29) is 11.9 Å². The maximum Gasteiger partial charge on any atom is 0.253 e. The van der Waals surface area contributed by atoms with Crippen LogP contribution in [0.2, 0.25) is 10.0 Å². The van der Waals surface area contributed by atoms with Crippen molar-refractivity contribution in [3.63, 3.8) is 0 Å². The summed E-state index contributed by atoms with van der Waals surface area (Å²) < 4.78 is 0.